The molecule has 2 unspecified atom stereocenters. The highest BCUT2D eigenvalue weighted by molar-refractivity contribution is 7.85. The lowest BCUT2D eigenvalue weighted by molar-refractivity contribution is 0.507. The fraction of sp³-hybridized carbons (Fsp3) is 0.368. The first-order valence-electron chi connectivity index (χ1n) is 8.09. The first-order valence-corrected chi connectivity index (χ1v) is 9.24. The average molecular weight is 313 g/mol. The third kappa shape index (κ3) is 3.31. The van der Waals surface area contributed by atoms with Crippen LogP contribution in [0.25, 0.3) is 0 Å². The molecule has 3 heteroatoms. The van der Waals surface area contributed by atoms with Crippen LogP contribution in [0.4, 0.5) is 0 Å². The van der Waals surface area contributed by atoms with E-state index in [0.29, 0.717) is 5.92 Å². The minimum Gasteiger partial charge on any atom is -0.330 e. The average Bonchev–Trinajstić information content (AvgIpc) is 2.59. The molecule has 2 nitrogen and oxygen atoms in total. The maximum absolute atomic E-state index is 12.7. The second-order valence-electron chi connectivity index (χ2n) is 5.96. The van der Waals surface area contributed by atoms with Crippen molar-refractivity contribution in [3.63, 3.8) is 0 Å². The molecule has 1 aliphatic rings. The maximum Gasteiger partial charge on any atom is 0.0849 e. The van der Waals surface area contributed by atoms with Crippen LogP contribution >= 0.6 is 0 Å². The number of fused-ring (bicyclic) bond motifs is 1. The summed E-state index contributed by atoms with van der Waals surface area (Å²) in [5.41, 5.74) is 8.49. The van der Waals surface area contributed by atoms with Gasteiger partial charge in [0.25, 0.3) is 0 Å². The molecule has 22 heavy (non-hydrogen) atoms. The summed E-state index contributed by atoms with van der Waals surface area (Å²) < 4.78 is 12.7. The van der Waals surface area contributed by atoms with Crippen LogP contribution in [0, 0.1) is 0 Å². The van der Waals surface area contributed by atoms with Crippen molar-refractivity contribution in [2.75, 3.05) is 6.54 Å². The van der Waals surface area contributed by atoms with Gasteiger partial charge in [-0.15, -0.1) is 0 Å². The molecule has 1 aliphatic carbocycles. The Morgan fingerprint density at radius 1 is 1.09 bits per heavy atom. The number of aryl methyl sites for hydroxylation is 1. The quantitative estimate of drug-likeness (QED) is 0.906. The van der Waals surface area contributed by atoms with E-state index in [4.69, 9.17) is 5.73 Å². The minimum absolute atomic E-state index is 0.631. The summed E-state index contributed by atoms with van der Waals surface area (Å²) in [4.78, 5) is 1.79. The molecule has 0 radical (unpaired) electrons. The van der Waals surface area contributed by atoms with E-state index in [9.17, 15) is 4.21 Å². The predicted octanol–water partition coefficient (Wildman–Crippen LogP) is 4.01. The maximum atomic E-state index is 12.7. The van der Waals surface area contributed by atoms with E-state index in [1.165, 1.54) is 30.4 Å². The van der Waals surface area contributed by atoms with Crippen molar-refractivity contribution in [3.8, 4) is 0 Å². The fourth-order valence-corrected chi connectivity index (χ4v) is 4.47. The molecule has 2 aromatic carbocycles. The molecule has 0 bridgehead atoms. The van der Waals surface area contributed by atoms with E-state index in [0.717, 1.165) is 29.2 Å². The largest absolute Gasteiger partial charge is 0.330 e. The molecular formula is C19H23NOS. The van der Waals surface area contributed by atoms with Crippen molar-refractivity contribution in [2.45, 2.75) is 47.8 Å². The SMILES string of the molecule is NCCCC1CCCc2cc(S(=O)c3ccccc3)ccc21. The second kappa shape index (κ2) is 7.21. The Morgan fingerprint density at radius 3 is 2.68 bits per heavy atom. The molecule has 0 spiro atoms. The van der Waals surface area contributed by atoms with Crippen LogP contribution in [-0.2, 0) is 17.2 Å². The number of nitrogens with two attached hydrogens (primary N) is 1. The summed E-state index contributed by atoms with van der Waals surface area (Å²) >= 11 is 0. The number of hydrogen-bond acceptors (Lipinski definition) is 2. The van der Waals surface area contributed by atoms with Crippen molar-refractivity contribution in [2.24, 2.45) is 5.73 Å². The summed E-state index contributed by atoms with van der Waals surface area (Å²) in [5, 5.41) is 0. The molecule has 3 rings (SSSR count). The predicted molar refractivity (Wildman–Crippen MR) is 91.5 cm³/mol. The third-order valence-electron chi connectivity index (χ3n) is 4.48. The van der Waals surface area contributed by atoms with E-state index in [-0.39, 0.29) is 0 Å². The van der Waals surface area contributed by atoms with Gasteiger partial charge < -0.3 is 5.73 Å². The van der Waals surface area contributed by atoms with Gasteiger partial charge in [-0.25, -0.2) is 4.21 Å². The Kier molecular flexibility index (Phi) is 5.06. The Hall–Kier alpha value is -1.45. The summed E-state index contributed by atoms with van der Waals surface area (Å²) in [6, 6.07) is 16.1. The zero-order chi connectivity index (χ0) is 15.4. The molecule has 0 fully saturated rings. The Bertz CT molecular complexity index is 654. The normalized spacial score (nSPS) is 18.7. The van der Waals surface area contributed by atoms with Gasteiger partial charge in [0, 0.05) is 9.79 Å². The van der Waals surface area contributed by atoms with Crippen molar-refractivity contribution in [3.05, 3.63) is 59.7 Å². The topological polar surface area (TPSA) is 43.1 Å². The molecule has 0 aliphatic heterocycles. The Labute approximate surface area is 135 Å². The van der Waals surface area contributed by atoms with Crippen molar-refractivity contribution in [1.29, 1.82) is 0 Å². The summed E-state index contributed by atoms with van der Waals surface area (Å²) in [6.07, 6.45) is 5.85. The zero-order valence-electron chi connectivity index (χ0n) is 12.8. The van der Waals surface area contributed by atoms with Gasteiger partial charge in [0.2, 0.25) is 0 Å². The van der Waals surface area contributed by atoms with E-state index >= 15 is 0 Å². The lowest BCUT2D eigenvalue weighted by Crippen LogP contribution is -2.12. The molecule has 116 valence electrons. The van der Waals surface area contributed by atoms with Crippen LogP contribution in [-0.4, -0.2) is 10.8 Å². The lowest BCUT2D eigenvalue weighted by Gasteiger charge is -2.26. The molecule has 0 saturated carbocycles. The first-order chi connectivity index (χ1) is 10.8. The minimum atomic E-state index is -1.08. The van der Waals surface area contributed by atoms with Gasteiger partial charge >= 0.3 is 0 Å². The summed E-state index contributed by atoms with van der Waals surface area (Å²) in [6.45, 7) is 0.766. The molecule has 2 atom stereocenters. The van der Waals surface area contributed by atoms with Crippen molar-refractivity contribution in [1.82, 2.24) is 0 Å². The third-order valence-corrected chi connectivity index (χ3v) is 5.86. The van der Waals surface area contributed by atoms with Crippen LogP contribution in [0.1, 0.15) is 42.7 Å². The van der Waals surface area contributed by atoms with Gasteiger partial charge in [0.05, 0.1) is 10.8 Å². The molecule has 0 heterocycles. The molecule has 0 amide bonds. The summed E-state index contributed by atoms with van der Waals surface area (Å²) in [7, 11) is -1.08. The van der Waals surface area contributed by atoms with Crippen LogP contribution in [0.15, 0.2) is 58.3 Å². The fourth-order valence-electron chi connectivity index (χ4n) is 3.35. The standard InChI is InChI=1S/C19H23NOS/c20-13-5-8-15-6-4-7-16-14-18(11-12-19(15)16)22(21)17-9-2-1-3-10-17/h1-3,9-12,14-15H,4-8,13,20H2. The van der Waals surface area contributed by atoms with Gasteiger partial charge in [-0.05, 0) is 80.0 Å². The van der Waals surface area contributed by atoms with Crippen LogP contribution in [0.2, 0.25) is 0 Å². The molecule has 2 N–H and O–H groups in total. The highest BCUT2D eigenvalue weighted by atomic mass is 32.2. The van der Waals surface area contributed by atoms with Crippen LogP contribution in [0.3, 0.4) is 0 Å². The van der Waals surface area contributed by atoms with E-state index in [1.54, 1.807) is 0 Å². The second-order valence-corrected chi connectivity index (χ2v) is 7.44. The smallest absolute Gasteiger partial charge is 0.0849 e. The van der Waals surface area contributed by atoms with Gasteiger partial charge in [0.15, 0.2) is 0 Å². The van der Waals surface area contributed by atoms with Crippen LogP contribution in [0.5, 0.6) is 0 Å². The highest BCUT2D eigenvalue weighted by Gasteiger charge is 2.21. The van der Waals surface area contributed by atoms with Gasteiger partial charge in [-0.1, -0.05) is 24.3 Å². The molecule has 2 aromatic rings. The van der Waals surface area contributed by atoms with E-state index < -0.39 is 10.8 Å². The lowest BCUT2D eigenvalue weighted by atomic mass is 9.80. The zero-order valence-corrected chi connectivity index (χ0v) is 13.6. The monoisotopic (exact) mass is 313 g/mol. The number of benzene rings is 2. The van der Waals surface area contributed by atoms with Crippen LogP contribution < -0.4 is 5.73 Å². The highest BCUT2D eigenvalue weighted by Crippen LogP contribution is 2.36. The molecular weight excluding hydrogens is 290 g/mol. The number of rotatable bonds is 5. The van der Waals surface area contributed by atoms with Gasteiger partial charge in [-0.3, -0.25) is 0 Å². The van der Waals surface area contributed by atoms with E-state index in [2.05, 4.69) is 12.1 Å². The summed E-state index contributed by atoms with van der Waals surface area (Å²) in [5.74, 6) is 0.631. The molecule has 0 saturated heterocycles. The van der Waals surface area contributed by atoms with Crippen molar-refractivity contribution >= 4 is 10.8 Å². The van der Waals surface area contributed by atoms with Crippen molar-refractivity contribution < 1.29 is 4.21 Å². The van der Waals surface area contributed by atoms with Gasteiger partial charge in [0.1, 0.15) is 0 Å². The number of hydrogen-bond donors (Lipinski definition) is 1. The first kappa shape index (κ1) is 15.4. The molecule has 0 aromatic heterocycles. The Balaban J connectivity index is 1.86. The Morgan fingerprint density at radius 2 is 1.91 bits per heavy atom. The van der Waals surface area contributed by atoms with Gasteiger partial charge in [-0.2, -0.15) is 0 Å². The van der Waals surface area contributed by atoms with E-state index in [1.807, 2.05) is 36.4 Å².